The van der Waals surface area contributed by atoms with E-state index in [-0.39, 0.29) is 0 Å². The Balaban J connectivity index is 1.76. The maximum Gasteiger partial charge on any atom is 0.234 e. The quantitative estimate of drug-likeness (QED) is 0.256. The maximum absolute atomic E-state index is 6.10. The first-order valence-electron chi connectivity index (χ1n) is 9.24. The van der Waals surface area contributed by atoms with Gasteiger partial charge in [0, 0.05) is 43.6 Å². The molecule has 146 valence electrons. The van der Waals surface area contributed by atoms with Gasteiger partial charge in [0.05, 0.1) is 11.4 Å². The summed E-state index contributed by atoms with van der Waals surface area (Å²) in [5.74, 6) is 0.635. The summed E-state index contributed by atoms with van der Waals surface area (Å²) in [6.07, 6.45) is 3.90. The first-order valence-corrected chi connectivity index (χ1v) is 10.8. The van der Waals surface area contributed by atoms with Crippen LogP contribution in [0.15, 0.2) is 89.7 Å². The Labute approximate surface area is 192 Å². The van der Waals surface area contributed by atoms with E-state index in [9.17, 15) is 0 Å². The molecule has 5 rings (SSSR count). The van der Waals surface area contributed by atoms with Crippen LogP contribution in [0.4, 0.5) is 0 Å². The molecule has 3 aromatic carbocycles. The molecule has 2 aromatic heterocycles. The van der Waals surface area contributed by atoms with Gasteiger partial charge in [-0.2, -0.15) is 0 Å². The summed E-state index contributed by atoms with van der Waals surface area (Å²) in [7, 11) is 0. The summed E-state index contributed by atoms with van der Waals surface area (Å²) >= 11 is 15.7. The maximum atomic E-state index is 6.10. The van der Waals surface area contributed by atoms with Crippen molar-refractivity contribution in [1.82, 2.24) is 14.4 Å². The van der Waals surface area contributed by atoms with Crippen LogP contribution in [0.5, 0.6) is 0 Å². The fraction of sp³-hybridized carbons (Fsp3) is 0. The van der Waals surface area contributed by atoms with Gasteiger partial charge in [0.15, 0.2) is 0 Å². The Hall–Kier alpha value is -2.66. The van der Waals surface area contributed by atoms with Crippen molar-refractivity contribution in [2.75, 3.05) is 0 Å². The normalized spacial score (nSPS) is 11.2. The molecule has 0 saturated carbocycles. The Morgan fingerprint density at radius 2 is 1.23 bits per heavy atom. The predicted molar refractivity (Wildman–Crippen MR) is 127 cm³/mol. The number of benzene rings is 3. The van der Waals surface area contributed by atoms with E-state index in [1.165, 1.54) is 0 Å². The molecule has 0 radical (unpaired) electrons. The average Bonchev–Trinajstić information content (AvgIpc) is 3.14. The molecule has 0 amide bonds. The topological polar surface area (TPSA) is 30.2 Å². The summed E-state index contributed by atoms with van der Waals surface area (Å²) in [4.78, 5) is 9.47. The number of halogens is 3. The van der Waals surface area contributed by atoms with Gasteiger partial charge in [-0.1, -0.05) is 75.5 Å². The number of rotatable bonds is 3. The Kier molecular flexibility index (Phi) is 5.07. The average molecular weight is 495 g/mol. The lowest BCUT2D eigenvalue weighted by atomic mass is 10.0. The van der Waals surface area contributed by atoms with Crippen LogP contribution in [-0.4, -0.2) is 14.4 Å². The highest BCUT2D eigenvalue weighted by Crippen LogP contribution is 2.34. The van der Waals surface area contributed by atoms with Crippen LogP contribution in [0.2, 0.25) is 10.0 Å². The van der Waals surface area contributed by atoms with Crippen LogP contribution in [0.1, 0.15) is 0 Å². The van der Waals surface area contributed by atoms with Crippen LogP contribution in [0.3, 0.4) is 0 Å². The summed E-state index contributed by atoms with van der Waals surface area (Å²) < 4.78 is 3.06. The fourth-order valence-electron chi connectivity index (χ4n) is 3.42. The van der Waals surface area contributed by atoms with Crippen LogP contribution in [-0.2, 0) is 0 Å². The summed E-state index contributed by atoms with van der Waals surface area (Å²) in [5.41, 5.74) is 5.88. The number of imidazole rings is 1. The zero-order valence-electron chi connectivity index (χ0n) is 15.6. The smallest absolute Gasteiger partial charge is 0.234 e. The van der Waals surface area contributed by atoms with E-state index < -0.39 is 0 Å². The van der Waals surface area contributed by atoms with Gasteiger partial charge in [-0.15, -0.1) is 0 Å². The Morgan fingerprint density at radius 3 is 1.87 bits per heavy atom. The largest absolute Gasteiger partial charge is 0.282 e. The molecule has 0 aliphatic heterocycles. The van der Waals surface area contributed by atoms with Crippen molar-refractivity contribution in [3.8, 4) is 33.6 Å². The first kappa shape index (κ1) is 19.3. The Bertz CT molecular complexity index is 1340. The van der Waals surface area contributed by atoms with Crippen molar-refractivity contribution in [3.63, 3.8) is 0 Å². The molecule has 0 unspecified atom stereocenters. The second kappa shape index (κ2) is 7.88. The van der Waals surface area contributed by atoms with E-state index in [0.717, 1.165) is 38.1 Å². The molecule has 5 aromatic rings. The second-order valence-electron chi connectivity index (χ2n) is 6.84. The van der Waals surface area contributed by atoms with Gasteiger partial charge >= 0.3 is 0 Å². The van der Waals surface area contributed by atoms with Gasteiger partial charge in [0.25, 0.3) is 0 Å². The van der Waals surface area contributed by atoms with E-state index in [0.29, 0.717) is 15.8 Å². The molecule has 0 bridgehead atoms. The highest BCUT2D eigenvalue weighted by molar-refractivity contribution is 9.10. The third-order valence-corrected chi connectivity index (χ3v) is 5.93. The summed E-state index contributed by atoms with van der Waals surface area (Å²) in [6.45, 7) is 0. The van der Waals surface area contributed by atoms with Crippen molar-refractivity contribution >= 4 is 44.9 Å². The highest BCUT2D eigenvalue weighted by atomic mass is 79.9. The highest BCUT2D eigenvalue weighted by Gasteiger charge is 2.17. The fourth-order valence-corrected chi connectivity index (χ4v) is 3.93. The van der Waals surface area contributed by atoms with Crippen LogP contribution < -0.4 is 0 Å². The molecule has 30 heavy (non-hydrogen) atoms. The molecular weight excluding hydrogens is 481 g/mol. The molecule has 0 spiro atoms. The van der Waals surface area contributed by atoms with Crippen LogP contribution >= 0.6 is 39.1 Å². The van der Waals surface area contributed by atoms with Gasteiger partial charge in [0.1, 0.15) is 0 Å². The molecule has 0 fully saturated rings. The van der Waals surface area contributed by atoms with E-state index in [1.54, 1.807) is 0 Å². The summed E-state index contributed by atoms with van der Waals surface area (Å²) in [6, 6.07) is 23.6. The SMILES string of the molecule is Clc1ccc(-c2cnc3nc(-c4ccc(Cl)cc4)c(-c4ccc(Br)cc4)n3c2)cc1. The standard InChI is InChI=1S/C24H14BrCl2N3/c25-19-7-1-17(2-8-19)23-22(16-5-11-21(27)12-6-16)29-24-28-13-18(14-30(23)24)15-3-9-20(26)10-4-15/h1-14H. The van der Waals surface area contributed by atoms with Crippen molar-refractivity contribution in [2.24, 2.45) is 0 Å². The lowest BCUT2D eigenvalue weighted by molar-refractivity contribution is 1.11. The Morgan fingerprint density at radius 1 is 0.667 bits per heavy atom. The molecule has 0 saturated heterocycles. The van der Waals surface area contributed by atoms with Gasteiger partial charge in [-0.05, 0) is 42.0 Å². The summed E-state index contributed by atoms with van der Waals surface area (Å²) in [5, 5.41) is 1.40. The lowest BCUT2D eigenvalue weighted by Gasteiger charge is -2.08. The van der Waals surface area contributed by atoms with E-state index >= 15 is 0 Å². The monoisotopic (exact) mass is 493 g/mol. The molecule has 0 atom stereocenters. The number of aromatic nitrogens is 3. The molecule has 0 aliphatic carbocycles. The van der Waals surface area contributed by atoms with Crippen LogP contribution in [0, 0.1) is 0 Å². The molecule has 2 heterocycles. The van der Waals surface area contributed by atoms with Gasteiger partial charge in [-0.25, -0.2) is 9.97 Å². The molecule has 3 nitrogen and oxygen atoms in total. The number of nitrogens with zero attached hydrogens (tertiary/aromatic N) is 3. The minimum absolute atomic E-state index is 0.635. The molecule has 0 N–H and O–H groups in total. The minimum Gasteiger partial charge on any atom is -0.282 e. The van der Waals surface area contributed by atoms with Crippen molar-refractivity contribution in [3.05, 3.63) is 99.7 Å². The minimum atomic E-state index is 0.635. The van der Waals surface area contributed by atoms with E-state index in [4.69, 9.17) is 28.2 Å². The predicted octanol–water partition coefficient (Wildman–Crippen LogP) is 7.80. The van der Waals surface area contributed by atoms with Crippen molar-refractivity contribution in [2.45, 2.75) is 0 Å². The van der Waals surface area contributed by atoms with Crippen LogP contribution in [0.25, 0.3) is 39.4 Å². The van der Waals surface area contributed by atoms with E-state index in [2.05, 4.69) is 39.2 Å². The van der Waals surface area contributed by atoms with E-state index in [1.807, 2.05) is 71.3 Å². The van der Waals surface area contributed by atoms with Gasteiger partial charge < -0.3 is 0 Å². The molecule has 6 heteroatoms. The zero-order chi connectivity index (χ0) is 20.7. The third kappa shape index (κ3) is 3.63. The van der Waals surface area contributed by atoms with Crippen molar-refractivity contribution in [1.29, 1.82) is 0 Å². The third-order valence-electron chi connectivity index (χ3n) is 4.89. The second-order valence-corrected chi connectivity index (χ2v) is 8.63. The van der Waals surface area contributed by atoms with Crippen molar-refractivity contribution < 1.29 is 0 Å². The van der Waals surface area contributed by atoms with Gasteiger partial charge in [0.2, 0.25) is 5.78 Å². The molecular formula is C24H14BrCl2N3. The first-order chi connectivity index (χ1) is 14.6. The number of hydrogen-bond acceptors (Lipinski definition) is 2. The molecule has 0 aliphatic rings. The zero-order valence-corrected chi connectivity index (χ0v) is 18.7. The number of fused-ring (bicyclic) bond motifs is 1. The van der Waals surface area contributed by atoms with Gasteiger partial charge in [-0.3, -0.25) is 4.40 Å². The lowest BCUT2D eigenvalue weighted by Crippen LogP contribution is -1.93. The number of hydrogen-bond donors (Lipinski definition) is 0.